The fourth-order valence-electron chi connectivity index (χ4n) is 2.24. The van der Waals surface area contributed by atoms with Crippen molar-refractivity contribution >= 4 is 34.2 Å². The molecule has 2 aromatic rings. The van der Waals surface area contributed by atoms with Crippen molar-refractivity contribution in [3.63, 3.8) is 0 Å². The van der Waals surface area contributed by atoms with Gasteiger partial charge in [-0.3, -0.25) is 0 Å². The Hall–Kier alpha value is -2.51. The van der Waals surface area contributed by atoms with Crippen molar-refractivity contribution in [1.29, 1.82) is 10.5 Å². The van der Waals surface area contributed by atoms with Gasteiger partial charge in [0.2, 0.25) is 0 Å². The van der Waals surface area contributed by atoms with E-state index < -0.39 is 0 Å². The minimum atomic E-state index is 0.482. The fourth-order valence-corrected chi connectivity index (χ4v) is 3.08. The highest BCUT2D eigenvalue weighted by atomic mass is 127. The van der Waals surface area contributed by atoms with Crippen molar-refractivity contribution in [1.82, 2.24) is 0 Å². The Labute approximate surface area is 155 Å². The Kier molecular flexibility index (Phi) is 6.22. The molecule has 0 atom stereocenters. The van der Waals surface area contributed by atoms with Gasteiger partial charge in [0.1, 0.15) is 0 Å². The molecule has 2 rings (SSSR count). The second kappa shape index (κ2) is 8.37. The second-order valence-corrected chi connectivity index (χ2v) is 5.99. The van der Waals surface area contributed by atoms with E-state index in [4.69, 9.17) is 14.7 Å². The maximum absolute atomic E-state index is 9.49. The summed E-state index contributed by atoms with van der Waals surface area (Å²) >= 11 is 2.18. The van der Waals surface area contributed by atoms with Gasteiger partial charge in [-0.15, -0.1) is 0 Å². The van der Waals surface area contributed by atoms with Crippen LogP contribution in [0.1, 0.15) is 23.6 Å². The summed E-state index contributed by atoms with van der Waals surface area (Å²) in [6, 6.07) is 15.0. The molecule has 120 valence electrons. The van der Waals surface area contributed by atoms with E-state index in [1.54, 1.807) is 31.4 Å². The Morgan fingerprint density at radius 1 is 1.25 bits per heavy atom. The van der Waals surface area contributed by atoms with E-state index in [1.165, 1.54) is 0 Å². The van der Waals surface area contributed by atoms with Gasteiger partial charge >= 0.3 is 0 Å². The molecule has 2 aromatic carbocycles. The summed E-state index contributed by atoms with van der Waals surface area (Å²) in [5.41, 5.74) is 2.55. The van der Waals surface area contributed by atoms with Crippen molar-refractivity contribution in [2.75, 3.05) is 13.7 Å². The Balaban J connectivity index is 2.52. The van der Waals surface area contributed by atoms with E-state index in [9.17, 15) is 5.26 Å². The number of allylic oxidation sites excluding steroid dienone is 1. The first kappa shape index (κ1) is 17.8. The van der Waals surface area contributed by atoms with Crippen LogP contribution in [0.15, 0.2) is 36.4 Å². The summed E-state index contributed by atoms with van der Waals surface area (Å²) < 4.78 is 11.9. The summed E-state index contributed by atoms with van der Waals surface area (Å²) in [4.78, 5) is 0. The predicted molar refractivity (Wildman–Crippen MR) is 102 cm³/mol. The van der Waals surface area contributed by atoms with Crippen molar-refractivity contribution < 1.29 is 9.47 Å². The molecule has 0 radical (unpaired) electrons. The molecule has 0 fully saturated rings. The van der Waals surface area contributed by atoms with Gasteiger partial charge in [-0.2, -0.15) is 10.5 Å². The molecule has 4 nitrogen and oxygen atoms in total. The number of methoxy groups -OCH3 is 1. The average molecular weight is 430 g/mol. The molecule has 0 bridgehead atoms. The van der Waals surface area contributed by atoms with E-state index in [0.717, 1.165) is 9.13 Å². The number of halogens is 1. The van der Waals surface area contributed by atoms with Crippen LogP contribution in [0.4, 0.5) is 0 Å². The van der Waals surface area contributed by atoms with Gasteiger partial charge in [0, 0.05) is 0 Å². The third-order valence-electron chi connectivity index (χ3n) is 3.27. The van der Waals surface area contributed by atoms with Crippen LogP contribution < -0.4 is 9.47 Å². The van der Waals surface area contributed by atoms with Crippen molar-refractivity contribution in [3.05, 3.63) is 56.7 Å². The number of nitrogens with zero attached hydrogens (tertiary/aromatic N) is 2. The molecule has 0 N–H and O–H groups in total. The van der Waals surface area contributed by atoms with Gasteiger partial charge < -0.3 is 9.47 Å². The van der Waals surface area contributed by atoms with Crippen LogP contribution in [0.25, 0.3) is 11.6 Å². The second-order valence-electron chi connectivity index (χ2n) is 4.83. The quantitative estimate of drug-likeness (QED) is 0.394. The number of rotatable bonds is 5. The maximum atomic E-state index is 9.49. The summed E-state index contributed by atoms with van der Waals surface area (Å²) in [7, 11) is 1.60. The largest absolute Gasteiger partial charge is 0.492 e. The molecule has 0 unspecified atom stereocenters. The minimum Gasteiger partial charge on any atom is -0.492 e. The Bertz CT molecular complexity index is 861. The molecular weight excluding hydrogens is 415 g/mol. The zero-order valence-electron chi connectivity index (χ0n) is 13.3. The molecule has 0 aliphatic rings. The molecule has 0 saturated carbocycles. The lowest BCUT2D eigenvalue weighted by Gasteiger charge is -2.12. The molecule has 24 heavy (non-hydrogen) atoms. The molecule has 5 heteroatoms. The van der Waals surface area contributed by atoms with E-state index in [2.05, 4.69) is 34.7 Å². The van der Waals surface area contributed by atoms with Gasteiger partial charge in [0.15, 0.2) is 11.5 Å². The van der Waals surface area contributed by atoms with Crippen LogP contribution in [0, 0.1) is 26.2 Å². The van der Waals surface area contributed by atoms with Crippen molar-refractivity contribution in [2.45, 2.75) is 6.92 Å². The SMILES string of the molecule is CCOc1cc(/C=C(/C#N)c2cccc(C#N)c2)cc(I)c1OC. The number of ether oxygens (including phenoxy) is 2. The first-order valence-corrected chi connectivity index (χ1v) is 8.33. The van der Waals surface area contributed by atoms with Crippen LogP contribution in [0.5, 0.6) is 11.5 Å². The highest BCUT2D eigenvalue weighted by molar-refractivity contribution is 14.1. The zero-order chi connectivity index (χ0) is 17.5. The van der Waals surface area contributed by atoms with Crippen molar-refractivity contribution in [3.8, 4) is 23.6 Å². The van der Waals surface area contributed by atoms with Gasteiger partial charge in [-0.05, 0) is 71.0 Å². The topological polar surface area (TPSA) is 66.0 Å². The van der Waals surface area contributed by atoms with E-state index in [1.807, 2.05) is 25.1 Å². The Morgan fingerprint density at radius 2 is 2.04 bits per heavy atom. The molecule has 0 saturated heterocycles. The normalized spacial score (nSPS) is 10.6. The van der Waals surface area contributed by atoms with Gasteiger partial charge in [-0.25, -0.2) is 0 Å². The average Bonchev–Trinajstić information content (AvgIpc) is 2.60. The van der Waals surface area contributed by atoms with E-state index in [-0.39, 0.29) is 0 Å². The van der Waals surface area contributed by atoms with Crippen LogP contribution in [-0.2, 0) is 0 Å². The summed E-state index contributed by atoms with van der Waals surface area (Å²) in [5, 5.41) is 18.5. The third-order valence-corrected chi connectivity index (χ3v) is 4.07. The highest BCUT2D eigenvalue weighted by Gasteiger charge is 2.11. The van der Waals surface area contributed by atoms with E-state index >= 15 is 0 Å². The Morgan fingerprint density at radius 3 is 2.67 bits per heavy atom. The standard InChI is InChI=1S/C19H15IN2O2/c1-3-24-18-10-14(9-17(20)19(18)23-2)8-16(12-22)15-6-4-5-13(7-15)11-21/h4-10H,3H2,1-2H3/b16-8-. The van der Waals surface area contributed by atoms with E-state index in [0.29, 0.717) is 34.8 Å². The first-order chi connectivity index (χ1) is 11.6. The summed E-state index contributed by atoms with van der Waals surface area (Å²) in [6.45, 7) is 2.43. The van der Waals surface area contributed by atoms with Crippen molar-refractivity contribution in [2.24, 2.45) is 0 Å². The monoisotopic (exact) mass is 430 g/mol. The third kappa shape index (κ3) is 4.06. The van der Waals surface area contributed by atoms with Crippen LogP contribution >= 0.6 is 22.6 Å². The number of nitriles is 2. The summed E-state index contributed by atoms with van der Waals surface area (Å²) in [5.74, 6) is 1.32. The van der Waals surface area contributed by atoms with Crippen LogP contribution in [-0.4, -0.2) is 13.7 Å². The lowest BCUT2D eigenvalue weighted by molar-refractivity contribution is 0.309. The van der Waals surface area contributed by atoms with Gasteiger partial charge in [-0.1, -0.05) is 12.1 Å². The first-order valence-electron chi connectivity index (χ1n) is 7.25. The molecule has 0 spiro atoms. The number of hydrogen-bond acceptors (Lipinski definition) is 4. The predicted octanol–water partition coefficient (Wildman–Crippen LogP) is 4.63. The smallest absolute Gasteiger partial charge is 0.174 e. The van der Waals surface area contributed by atoms with Gasteiger partial charge in [0.05, 0.1) is 40.6 Å². The van der Waals surface area contributed by atoms with Crippen LogP contribution in [0.3, 0.4) is 0 Å². The fraction of sp³-hybridized carbons (Fsp3) is 0.158. The molecule has 0 amide bonds. The highest BCUT2D eigenvalue weighted by Crippen LogP contribution is 2.35. The maximum Gasteiger partial charge on any atom is 0.174 e. The molecular formula is C19H15IN2O2. The zero-order valence-corrected chi connectivity index (χ0v) is 15.5. The molecule has 0 aliphatic carbocycles. The summed E-state index contributed by atoms with van der Waals surface area (Å²) in [6.07, 6.45) is 1.78. The molecule has 0 heterocycles. The molecule has 0 aromatic heterocycles. The molecule has 0 aliphatic heterocycles. The van der Waals surface area contributed by atoms with Crippen LogP contribution in [0.2, 0.25) is 0 Å². The number of benzene rings is 2. The lowest BCUT2D eigenvalue weighted by Crippen LogP contribution is -1.98. The lowest BCUT2D eigenvalue weighted by atomic mass is 10.0. The number of hydrogen-bond donors (Lipinski definition) is 0. The van der Waals surface area contributed by atoms with Gasteiger partial charge in [0.25, 0.3) is 0 Å². The minimum absolute atomic E-state index is 0.482.